The molecule has 2 heterocycles. The fraction of sp³-hybridized carbons (Fsp3) is 0.133. The first-order chi connectivity index (χ1) is 11.9. The van der Waals surface area contributed by atoms with Crippen LogP contribution in [0.5, 0.6) is 0 Å². The van der Waals surface area contributed by atoms with Crippen LogP contribution in [0.25, 0.3) is 0 Å². The van der Waals surface area contributed by atoms with Crippen LogP contribution in [0.15, 0.2) is 38.2 Å². The first kappa shape index (κ1) is 17.5. The van der Waals surface area contributed by atoms with Crippen LogP contribution < -0.4 is 5.32 Å². The van der Waals surface area contributed by atoms with Crippen LogP contribution in [0, 0.1) is 24.0 Å². The van der Waals surface area contributed by atoms with E-state index < -0.39 is 10.8 Å². The number of nitro benzene ring substituents is 1. The Labute approximate surface area is 155 Å². The third kappa shape index (κ3) is 4.21. The number of benzene rings is 1. The maximum absolute atomic E-state index is 12.3. The van der Waals surface area contributed by atoms with E-state index in [1.165, 1.54) is 40.5 Å². The predicted molar refractivity (Wildman–Crippen MR) is 98.9 cm³/mol. The number of hydrogen-bond acceptors (Lipinski definition) is 8. The van der Waals surface area contributed by atoms with Crippen LogP contribution >= 0.6 is 34.4 Å². The van der Waals surface area contributed by atoms with Crippen molar-refractivity contribution in [3.63, 3.8) is 0 Å². The molecule has 0 aliphatic carbocycles. The lowest BCUT2D eigenvalue weighted by molar-refractivity contribution is -0.387. The van der Waals surface area contributed by atoms with Gasteiger partial charge in [0.05, 0.1) is 15.5 Å². The Morgan fingerprint density at radius 3 is 2.52 bits per heavy atom. The van der Waals surface area contributed by atoms with Gasteiger partial charge in [0.25, 0.3) is 11.6 Å². The van der Waals surface area contributed by atoms with Crippen molar-refractivity contribution in [3.8, 4) is 0 Å². The molecular formula is C15H12N4O3S3. The van der Waals surface area contributed by atoms with Crippen molar-refractivity contribution in [2.75, 3.05) is 5.32 Å². The number of nitrogens with one attached hydrogen (secondary N) is 1. The van der Waals surface area contributed by atoms with Gasteiger partial charge in [0.2, 0.25) is 0 Å². The van der Waals surface area contributed by atoms with Crippen molar-refractivity contribution < 1.29 is 9.72 Å². The van der Waals surface area contributed by atoms with Crippen LogP contribution in [-0.2, 0) is 0 Å². The summed E-state index contributed by atoms with van der Waals surface area (Å²) in [5, 5.41) is 18.2. The van der Waals surface area contributed by atoms with Gasteiger partial charge in [-0.1, -0.05) is 11.8 Å². The molecule has 0 saturated heterocycles. The van der Waals surface area contributed by atoms with Crippen molar-refractivity contribution in [2.24, 2.45) is 0 Å². The van der Waals surface area contributed by atoms with Gasteiger partial charge in [0, 0.05) is 28.1 Å². The number of carbonyl (C=O) groups is 1. The summed E-state index contributed by atoms with van der Waals surface area (Å²) in [5.74, 6) is -0.431. The molecule has 10 heteroatoms. The van der Waals surface area contributed by atoms with E-state index in [0.717, 1.165) is 15.7 Å². The van der Waals surface area contributed by atoms with Crippen molar-refractivity contribution >= 4 is 51.2 Å². The highest BCUT2D eigenvalue weighted by Crippen LogP contribution is 2.36. The first-order valence-electron chi connectivity index (χ1n) is 7.04. The van der Waals surface area contributed by atoms with Crippen molar-refractivity contribution in [3.05, 3.63) is 56.0 Å². The summed E-state index contributed by atoms with van der Waals surface area (Å²) < 4.78 is 0.719. The summed E-state index contributed by atoms with van der Waals surface area (Å²) in [4.78, 5) is 32.1. The Kier molecular flexibility index (Phi) is 5.11. The van der Waals surface area contributed by atoms with E-state index in [1.54, 1.807) is 12.1 Å². The molecule has 0 bridgehead atoms. The smallest absolute Gasteiger partial charge is 0.284 e. The standard InChI is InChI=1S/C15H12N4O3S3/c1-8-6-23-14(16-8)18-13(20)10-3-4-12(11(5-10)19(21)22)25-15-17-9(2)7-24-15/h3-7H,1-2H3,(H,16,18,20). The molecule has 2 aromatic heterocycles. The molecule has 1 aromatic carbocycles. The number of thiazole rings is 2. The molecule has 1 amide bonds. The molecular weight excluding hydrogens is 380 g/mol. The number of rotatable bonds is 5. The molecule has 0 spiro atoms. The third-order valence-corrected chi connectivity index (χ3v) is 6.05. The molecule has 0 unspecified atom stereocenters. The zero-order valence-electron chi connectivity index (χ0n) is 13.2. The lowest BCUT2D eigenvalue weighted by Crippen LogP contribution is -2.12. The Balaban J connectivity index is 1.85. The molecule has 0 aliphatic heterocycles. The highest BCUT2D eigenvalue weighted by atomic mass is 32.2. The number of nitro groups is 1. The molecule has 0 saturated carbocycles. The zero-order chi connectivity index (χ0) is 18.0. The third-order valence-electron chi connectivity index (χ3n) is 3.05. The normalized spacial score (nSPS) is 10.6. The minimum atomic E-state index is -0.493. The van der Waals surface area contributed by atoms with Gasteiger partial charge >= 0.3 is 0 Å². The molecule has 3 aromatic rings. The molecule has 25 heavy (non-hydrogen) atoms. The summed E-state index contributed by atoms with van der Waals surface area (Å²) in [6.45, 7) is 3.69. The minimum Gasteiger partial charge on any atom is -0.298 e. The number of hydrogen-bond donors (Lipinski definition) is 1. The summed E-state index contributed by atoms with van der Waals surface area (Å²) in [5.41, 5.74) is 1.75. The number of carbonyl (C=O) groups excluding carboxylic acids is 1. The maximum Gasteiger partial charge on any atom is 0.284 e. The van der Waals surface area contributed by atoms with Crippen LogP contribution in [0.3, 0.4) is 0 Å². The lowest BCUT2D eigenvalue weighted by Gasteiger charge is -2.05. The van der Waals surface area contributed by atoms with E-state index in [1.807, 2.05) is 24.6 Å². The second-order valence-corrected chi connectivity index (χ2v) is 8.05. The second-order valence-electron chi connectivity index (χ2n) is 5.04. The lowest BCUT2D eigenvalue weighted by atomic mass is 10.2. The number of aromatic nitrogens is 2. The number of aryl methyl sites for hydroxylation is 2. The van der Waals surface area contributed by atoms with Gasteiger partial charge in [-0.25, -0.2) is 9.97 Å². The molecule has 128 valence electrons. The topological polar surface area (TPSA) is 98.0 Å². The number of nitrogens with zero attached hydrogens (tertiary/aromatic N) is 3. The molecule has 3 rings (SSSR count). The van der Waals surface area contributed by atoms with Gasteiger partial charge in [-0.3, -0.25) is 20.2 Å². The quantitative estimate of drug-likeness (QED) is 0.506. The highest BCUT2D eigenvalue weighted by molar-refractivity contribution is 8.01. The van der Waals surface area contributed by atoms with Crippen molar-refractivity contribution in [1.29, 1.82) is 0 Å². The number of amides is 1. The molecule has 7 nitrogen and oxygen atoms in total. The van der Waals surface area contributed by atoms with Crippen LogP contribution in [0.4, 0.5) is 10.8 Å². The number of anilines is 1. The van der Waals surface area contributed by atoms with E-state index in [9.17, 15) is 14.9 Å². The summed E-state index contributed by atoms with van der Waals surface area (Å²) >= 11 is 3.94. The van der Waals surface area contributed by atoms with Gasteiger partial charge in [-0.15, -0.1) is 22.7 Å². The Morgan fingerprint density at radius 2 is 1.92 bits per heavy atom. The van der Waals surface area contributed by atoms with Gasteiger partial charge in [0.1, 0.15) is 0 Å². The summed E-state index contributed by atoms with van der Waals surface area (Å²) in [6.07, 6.45) is 0. The molecule has 0 aliphatic rings. The summed E-state index contributed by atoms with van der Waals surface area (Å²) in [6, 6.07) is 4.41. The Morgan fingerprint density at radius 1 is 1.20 bits per heavy atom. The Bertz CT molecular complexity index is 951. The first-order valence-corrected chi connectivity index (χ1v) is 9.62. The monoisotopic (exact) mass is 392 g/mol. The fourth-order valence-corrected chi connectivity index (χ4v) is 4.50. The summed E-state index contributed by atoms with van der Waals surface area (Å²) in [7, 11) is 0. The van der Waals surface area contributed by atoms with E-state index in [0.29, 0.717) is 10.0 Å². The van der Waals surface area contributed by atoms with E-state index in [-0.39, 0.29) is 11.3 Å². The Hall–Kier alpha value is -2.30. The van der Waals surface area contributed by atoms with Crippen molar-refractivity contribution in [1.82, 2.24) is 9.97 Å². The van der Waals surface area contributed by atoms with Gasteiger partial charge in [-0.05, 0) is 26.0 Å². The predicted octanol–water partition coefficient (Wildman–Crippen LogP) is 4.53. The molecule has 0 radical (unpaired) electrons. The zero-order valence-corrected chi connectivity index (χ0v) is 15.6. The van der Waals surface area contributed by atoms with Gasteiger partial charge in [-0.2, -0.15) is 0 Å². The molecule has 1 N–H and O–H groups in total. The second kappa shape index (κ2) is 7.30. The van der Waals surface area contributed by atoms with Gasteiger partial charge in [0.15, 0.2) is 9.47 Å². The van der Waals surface area contributed by atoms with Crippen LogP contribution in [-0.4, -0.2) is 20.8 Å². The average Bonchev–Trinajstić information content (AvgIpc) is 3.15. The maximum atomic E-state index is 12.3. The largest absolute Gasteiger partial charge is 0.298 e. The highest BCUT2D eigenvalue weighted by Gasteiger charge is 2.20. The van der Waals surface area contributed by atoms with E-state index in [4.69, 9.17) is 0 Å². The van der Waals surface area contributed by atoms with Crippen LogP contribution in [0.2, 0.25) is 0 Å². The van der Waals surface area contributed by atoms with Gasteiger partial charge < -0.3 is 0 Å². The van der Waals surface area contributed by atoms with E-state index in [2.05, 4.69) is 15.3 Å². The molecule has 0 fully saturated rings. The minimum absolute atomic E-state index is 0.124. The van der Waals surface area contributed by atoms with E-state index >= 15 is 0 Å². The van der Waals surface area contributed by atoms with Crippen LogP contribution in [0.1, 0.15) is 21.7 Å². The molecule has 0 atom stereocenters. The average molecular weight is 392 g/mol. The SMILES string of the molecule is Cc1csc(NC(=O)c2ccc(Sc3nc(C)cs3)c([N+](=O)[O-])c2)n1. The van der Waals surface area contributed by atoms with Crippen molar-refractivity contribution in [2.45, 2.75) is 23.1 Å². The fourth-order valence-electron chi connectivity index (χ4n) is 1.94.